The van der Waals surface area contributed by atoms with E-state index in [4.69, 9.17) is 0 Å². The van der Waals surface area contributed by atoms with Gasteiger partial charge in [-0.3, -0.25) is 0 Å². The van der Waals surface area contributed by atoms with Crippen molar-refractivity contribution in [2.45, 2.75) is 6.42 Å². The van der Waals surface area contributed by atoms with Crippen molar-refractivity contribution in [2.75, 3.05) is 4.90 Å². The van der Waals surface area contributed by atoms with Gasteiger partial charge in [-0.2, -0.15) is 0 Å². The molecule has 0 bridgehead atoms. The number of hydrogen-bond acceptors (Lipinski definition) is 1. The molecular weight excluding hydrogens is 242 g/mol. The highest BCUT2D eigenvalue weighted by Gasteiger charge is 2.13. The first kappa shape index (κ1) is 12.5. The van der Waals surface area contributed by atoms with E-state index in [9.17, 15) is 0 Å². The van der Waals surface area contributed by atoms with Gasteiger partial charge in [0.15, 0.2) is 0 Å². The molecule has 0 spiro atoms. The van der Waals surface area contributed by atoms with Crippen molar-refractivity contribution in [1.82, 2.24) is 0 Å². The molecule has 0 amide bonds. The topological polar surface area (TPSA) is 3.24 Å². The SMILES string of the molecule is C1=CC=C(N(c2ccccc2)c2ccccc2)CC=C1. The number of allylic oxidation sites excluding steroid dienone is 5. The monoisotopic (exact) mass is 259 g/mol. The van der Waals surface area contributed by atoms with Gasteiger partial charge >= 0.3 is 0 Å². The quantitative estimate of drug-likeness (QED) is 0.730. The van der Waals surface area contributed by atoms with Crippen molar-refractivity contribution < 1.29 is 0 Å². The summed E-state index contributed by atoms with van der Waals surface area (Å²) in [5.41, 5.74) is 3.65. The second-order valence-electron chi connectivity index (χ2n) is 4.68. The van der Waals surface area contributed by atoms with E-state index in [1.165, 1.54) is 17.1 Å². The Kier molecular flexibility index (Phi) is 3.79. The Hall–Kier alpha value is -2.54. The molecule has 3 rings (SSSR count). The van der Waals surface area contributed by atoms with Gasteiger partial charge in [-0.25, -0.2) is 0 Å². The Morgan fingerprint density at radius 1 is 0.650 bits per heavy atom. The van der Waals surface area contributed by atoms with Gasteiger partial charge in [0.05, 0.1) is 0 Å². The van der Waals surface area contributed by atoms with Crippen LogP contribution in [-0.2, 0) is 0 Å². The molecule has 20 heavy (non-hydrogen) atoms. The Labute approximate surface area is 120 Å². The van der Waals surface area contributed by atoms with Crippen molar-refractivity contribution in [3.63, 3.8) is 0 Å². The zero-order valence-electron chi connectivity index (χ0n) is 11.3. The highest BCUT2D eigenvalue weighted by molar-refractivity contribution is 5.68. The Bertz CT molecular complexity index is 596. The van der Waals surface area contributed by atoms with Crippen molar-refractivity contribution in [1.29, 1.82) is 0 Å². The molecule has 0 N–H and O–H groups in total. The molecule has 98 valence electrons. The summed E-state index contributed by atoms with van der Waals surface area (Å²) in [5, 5.41) is 0. The first-order chi connectivity index (χ1) is 9.95. The number of anilines is 2. The van der Waals surface area contributed by atoms with Crippen LogP contribution in [-0.4, -0.2) is 0 Å². The fourth-order valence-electron chi connectivity index (χ4n) is 2.37. The van der Waals surface area contributed by atoms with E-state index >= 15 is 0 Å². The third kappa shape index (κ3) is 2.72. The van der Waals surface area contributed by atoms with Crippen LogP contribution in [0.3, 0.4) is 0 Å². The summed E-state index contributed by atoms with van der Waals surface area (Å²) in [6, 6.07) is 21.0. The summed E-state index contributed by atoms with van der Waals surface area (Å²) in [7, 11) is 0. The first-order valence-corrected chi connectivity index (χ1v) is 6.88. The minimum atomic E-state index is 0.927. The molecule has 0 atom stereocenters. The maximum absolute atomic E-state index is 2.31. The molecule has 0 saturated heterocycles. The van der Waals surface area contributed by atoms with Crippen LogP contribution in [0.2, 0.25) is 0 Å². The molecule has 0 heterocycles. The zero-order chi connectivity index (χ0) is 13.6. The number of para-hydroxylation sites is 2. The molecule has 0 aromatic heterocycles. The fraction of sp³-hybridized carbons (Fsp3) is 0.0526. The van der Waals surface area contributed by atoms with E-state index in [0.29, 0.717) is 0 Å². The lowest BCUT2D eigenvalue weighted by atomic mass is 10.1. The minimum absolute atomic E-state index is 0.927. The maximum atomic E-state index is 2.31. The number of rotatable bonds is 3. The van der Waals surface area contributed by atoms with Crippen molar-refractivity contribution in [2.24, 2.45) is 0 Å². The van der Waals surface area contributed by atoms with Crippen molar-refractivity contribution >= 4 is 11.4 Å². The van der Waals surface area contributed by atoms with Crippen LogP contribution in [0.1, 0.15) is 6.42 Å². The van der Waals surface area contributed by atoms with Crippen molar-refractivity contribution in [3.8, 4) is 0 Å². The van der Waals surface area contributed by atoms with Crippen molar-refractivity contribution in [3.05, 3.63) is 96.7 Å². The molecule has 0 saturated carbocycles. The summed E-state index contributed by atoms with van der Waals surface area (Å²) in [6.45, 7) is 0. The van der Waals surface area contributed by atoms with Gasteiger partial charge in [-0.05, 0) is 30.3 Å². The molecule has 2 aromatic rings. The Morgan fingerprint density at radius 2 is 1.25 bits per heavy atom. The summed E-state index contributed by atoms with van der Waals surface area (Å²) in [6.07, 6.45) is 11.6. The Balaban J connectivity index is 2.07. The maximum Gasteiger partial charge on any atom is 0.0458 e. The molecule has 2 aromatic carbocycles. The Morgan fingerprint density at radius 3 is 1.85 bits per heavy atom. The smallest absolute Gasteiger partial charge is 0.0458 e. The van der Waals surface area contributed by atoms with Gasteiger partial charge in [0, 0.05) is 23.5 Å². The second-order valence-corrected chi connectivity index (χ2v) is 4.68. The lowest BCUT2D eigenvalue weighted by Crippen LogP contribution is -2.15. The predicted octanol–water partition coefficient (Wildman–Crippen LogP) is 5.22. The minimum Gasteiger partial charge on any atom is -0.314 e. The lowest BCUT2D eigenvalue weighted by Gasteiger charge is -2.27. The van der Waals surface area contributed by atoms with Gasteiger partial charge in [-0.1, -0.05) is 60.7 Å². The van der Waals surface area contributed by atoms with E-state index in [1.807, 2.05) is 12.1 Å². The van der Waals surface area contributed by atoms with Gasteiger partial charge < -0.3 is 4.90 Å². The van der Waals surface area contributed by atoms with E-state index in [0.717, 1.165) is 6.42 Å². The molecule has 0 unspecified atom stereocenters. The predicted molar refractivity (Wildman–Crippen MR) is 86.0 cm³/mol. The standard InChI is InChI=1S/C19H17N/c1-2-6-12-17(11-5-1)20(18-13-7-3-8-14-18)19-15-9-4-10-16-19/h1-11,13-16H,12H2. The van der Waals surface area contributed by atoms with Crippen LogP contribution in [0.25, 0.3) is 0 Å². The molecular formula is C19H17N. The average molecular weight is 259 g/mol. The van der Waals surface area contributed by atoms with E-state index < -0.39 is 0 Å². The molecule has 0 radical (unpaired) electrons. The van der Waals surface area contributed by atoms with Crippen LogP contribution in [0.15, 0.2) is 96.7 Å². The summed E-state index contributed by atoms with van der Waals surface area (Å²) >= 11 is 0. The molecule has 1 aliphatic rings. The number of benzene rings is 2. The van der Waals surface area contributed by atoms with Gasteiger partial charge in [0.2, 0.25) is 0 Å². The summed E-state index contributed by atoms with van der Waals surface area (Å²) in [5.74, 6) is 0. The lowest BCUT2D eigenvalue weighted by molar-refractivity contribution is 1.08. The van der Waals surface area contributed by atoms with Crippen LogP contribution in [0.4, 0.5) is 11.4 Å². The third-order valence-corrected chi connectivity index (χ3v) is 3.29. The third-order valence-electron chi connectivity index (χ3n) is 3.29. The van der Waals surface area contributed by atoms with Crippen LogP contribution in [0, 0.1) is 0 Å². The molecule has 0 aliphatic heterocycles. The van der Waals surface area contributed by atoms with E-state index in [1.54, 1.807) is 0 Å². The van der Waals surface area contributed by atoms with E-state index in [2.05, 4.69) is 83.8 Å². The highest BCUT2D eigenvalue weighted by Crippen LogP contribution is 2.31. The normalized spacial score (nSPS) is 13.7. The van der Waals surface area contributed by atoms with Gasteiger partial charge in [0.1, 0.15) is 0 Å². The van der Waals surface area contributed by atoms with Crippen LogP contribution in [0.5, 0.6) is 0 Å². The van der Waals surface area contributed by atoms with Crippen LogP contribution >= 0.6 is 0 Å². The second kappa shape index (κ2) is 6.07. The largest absolute Gasteiger partial charge is 0.314 e. The number of hydrogen-bond donors (Lipinski definition) is 0. The molecule has 1 nitrogen and oxygen atoms in total. The molecule has 0 fully saturated rings. The van der Waals surface area contributed by atoms with Gasteiger partial charge in [-0.15, -0.1) is 0 Å². The highest BCUT2D eigenvalue weighted by atomic mass is 15.1. The fourth-order valence-corrected chi connectivity index (χ4v) is 2.37. The summed E-state index contributed by atoms with van der Waals surface area (Å²) in [4.78, 5) is 2.31. The molecule has 1 heteroatoms. The van der Waals surface area contributed by atoms with E-state index in [-0.39, 0.29) is 0 Å². The van der Waals surface area contributed by atoms with Crippen LogP contribution < -0.4 is 4.90 Å². The summed E-state index contributed by atoms with van der Waals surface area (Å²) < 4.78 is 0. The first-order valence-electron chi connectivity index (χ1n) is 6.88. The zero-order valence-corrected chi connectivity index (χ0v) is 11.3. The average Bonchev–Trinajstić information content (AvgIpc) is 2.79. The molecule has 1 aliphatic carbocycles. The number of nitrogens with zero attached hydrogens (tertiary/aromatic N) is 1. The van der Waals surface area contributed by atoms with Gasteiger partial charge in [0.25, 0.3) is 0 Å².